The largest absolute Gasteiger partial charge is 0.323 e. The molecule has 0 unspecified atom stereocenters. The first-order valence-corrected chi connectivity index (χ1v) is 10.1. The fourth-order valence-corrected chi connectivity index (χ4v) is 3.33. The number of hydrogen-bond acceptors (Lipinski definition) is 4. The number of nitriles is 1. The molecule has 0 aliphatic carbocycles. The summed E-state index contributed by atoms with van der Waals surface area (Å²) >= 11 is 0. The summed E-state index contributed by atoms with van der Waals surface area (Å²) in [5, 5.41) is 22.2. The fourth-order valence-electron chi connectivity index (χ4n) is 3.33. The summed E-state index contributed by atoms with van der Waals surface area (Å²) in [5.74, 6) is 0. The van der Waals surface area contributed by atoms with E-state index < -0.39 is 5.41 Å². The summed E-state index contributed by atoms with van der Waals surface area (Å²) in [7, 11) is 0. The van der Waals surface area contributed by atoms with Crippen LogP contribution >= 0.6 is 0 Å². The first kappa shape index (κ1) is 20.8. The number of urea groups is 1. The van der Waals surface area contributed by atoms with Crippen LogP contribution in [0.4, 0.5) is 16.2 Å². The molecule has 4 aromatic rings. The Morgan fingerprint density at radius 3 is 2.41 bits per heavy atom. The van der Waals surface area contributed by atoms with E-state index in [1.807, 2.05) is 68.6 Å². The molecule has 2 aromatic heterocycles. The molecule has 0 fully saturated rings. The number of nitrogens with one attached hydrogen (secondary N) is 3. The Labute approximate surface area is 186 Å². The number of carbonyl (C=O) groups excluding carboxylic acids is 1. The normalized spacial score (nSPS) is 10.9. The number of hydrogen-bond donors (Lipinski definition) is 3. The van der Waals surface area contributed by atoms with Crippen LogP contribution in [0, 0.1) is 11.3 Å². The van der Waals surface area contributed by atoms with Crippen molar-refractivity contribution in [3.8, 4) is 28.5 Å². The Morgan fingerprint density at radius 1 is 0.969 bits per heavy atom. The number of carbonyl (C=O) groups is 1. The van der Waals surface area contributed by atoms with Crippen molar-refractivity contribution >= 4 is 17.4 Å². The monoisotopic (exact) mass is 422 g/mol. The van der Waals surface area contributed by atoms with Crippen molar-refractivity contribution in [2.24, 2.45) is 0 Å². The van der Waals surface area contributed by atoms with Gasteiger partial charge in [0.25, 0.3) is 0 Å². The number of benzene rings is 2. The van der Waals surface area contributed by atoms with Gasteiger partial charge in [-0.15, -0.1) is 0 Å². The number of aromatic nitrogens is 3. The van der Waals surface area contributed by atoms with Crippen molar-refractivity contribution in [2.45, 2.75) is 19.3 Å². The zero-order valence-corrected chi connectivity index (χ0v) is 17.8. The molecule has 0 bridgehead atoms. The zero-order chi connectivity index (χ0) is 22.6. The summed E-state index contributed by atoms with van der Waals surface area (Å²) in [6, 6.07) is 20.5. The predicted octanol–water partition coefficient (Wildman–Crippen LogP) is 5.58. The van der Waals surface area contributed by atoms with E-state index in [4.69, 9.17) is 0 Å². The highest BCUT2D eigenvalue weighted by molar-refractivity contribution is 6.00. The SMILES string of the molecule is CC(C)(C#N)c1ccc(NC(=O)Nc2cccc(-c3n[nH]cc3-c3ccncc3)c2)cc1. The van der Waals surface area contributed by atoms with E-state index in [0.717, 1.165) is 27.9 Å². The van der Waals surface area contributed by atoms with Gasteiger partial charge in [0.05, 0.1) is 17.2 Å². The fraction of sp³-hybridized carbons (Fsp3) is 0.120. The van der Waals surface area contributed by atoms with Crippen LogP contribution in [0.3, 0.4) is 0 Å². The molecule has 2 heterocycles. The minimum absolute atomic E-state index is 0.356. The van der Waals surface area contributed by atoms with E-state index in [9.17, 15) is 10.1 Å². The smallest absolute Gasteiger partial charge is 0.308 e. The van der Waals surface area contributed by atoms with Crippen molar-refractivity contribution in [1.29, 1.82) is 5.26 Å². The van der Waals surface area contributed by atoms with Crippen LogP contribution in [0.1, 0.15) is 19.4 Å². The second kappa shape index (κ2) is 8.74. The topological polar surface area (TPSA) is 106 Å². The molecule has 7 nitrogen and oxygen atoms in total. The number of rotatable bonds is 5. The van der Waals surface area contributed by atoms with Crippen LogP contribution in [0.2, 0.25) is 0 Å². The molecular weight excluding hydrogens is 400 g/mol. The third kappa shape index (κ3) is 4.50. The lowest BCUT2D eigenvalue weighted by molar-refractivity contribution is 0.262. The third-order valence-electron chi connectivity index (χ3n) is 5.17. The van der Waals surface area contributed by atoms with Gasteiger partial charge in [0.2, 0.25) is 0 Å². The lowest BCUT2D eigenvalue weighted by Gasteiger charge is -2.16. The molecule has 3 N–H and O–H groups in total. The molecule has 7 heteroatoms. The summed E-state index contributed by atoms with van der Waals surface area (Å²) in [6.45, 7) is 3.71. The van der Waals surface area contributed by atoms with Crippen LogP contribution in [0.15, 0.2) is 79.3 Å². The predicted molar refractivity (Wildman–Crippen MR) is 125 cm³/mol. The Bertz CT molecular complexity index is 1270. The van der Waals surface area contributed by atoms with Crippen molar-refractivity contribution in [1.82, 2.24) is 15.2 Å². The van der Waals surface area contributed by atoms with Gasteiger partial charge >= 0.3 is 6.03 Å². The van der Waals surface area contributed by atoms with Crippen LogP contribution in [-0.4, -0.2) is 21.2 Å². The van der Waals surface area contributed by atoms with Crippen LogP contribution in [-0.2, 0) is 5.41 Å². The molecule has 0 aliphatic rings. The molecule has 0 spiro atoms. The summed E-state index contributed by atoms with van der Waals surface area (Å²) in [4.78, 5) is 16.6. The van der Waals surface area contributed by atoms with Gasteiger partial charge in [0.1, 0.15) is 0 Å². The van der Waals surface area contributed by atoms with Crippen LogP contribution in [0.5, 0.6) is 0 Å². The molecule has 4 rings (SSSR count). The van der Waals surface area contributed by atoms with Gasteiger partial charge in [-0.05, 0) is 61.4 Å². The summed E-state index contributed by atoms with van der Waals surface area (Å²) in [6.07, 6.45) is 5.32. The molecule has 0 radical (unpaired) electrons. The summed E-state index contributed by atoms with van der Waals surface area (Å²) in [5.41, 5.74) is 5.21. The first-order valence-electron chi connectivity index (χ1n) is 10.1. The van der Waals surface area contributed by atoms with Crippen LogP contribution < -0.4 is 10.6 Å². The molecule has 0 saturated heterocycles. The maximum absolute atomic E-state index is 12.5. The van der Waals surface area contributed by atoms with E-state index >= 15 is 0 Å². The van der Waals surface area contributed by atoms with Gasteiger partial charge in [-0.1, -0.05) is 24.3 Å². The number of anilines is 2. The van der Waals surface area contributed by atoms with Gasteiger partial charge < -0.3 is 10.6 Å². The summed E-state index contributed by atoms with van der Waals surface area (Å²) < 4.78 is 0. The maximum atomic E-state index is 12.5. The number of pyridine rings is 1. The van der Waals surface area contributed by atoms with Crippen molar-refractivity contribution in [3.05, 3.63) is 84.8 Å². The quantitative estimate of drug-likeness (QED) is 0.390. The molecule has 0 saturated carbocycles. The number of amides is 2. The van der Waals surface area contributed by atoms with E-state index in [1.165, 1.54) is 0 Å². The average molecular weight is 422 g/mol. The van der Waals surface area contributed by atoms with Gasteiger partial charge in [-0.3, -0.25) is 10.1 Å². The zero-order valence-electron chi connectivity index (χ0n) is 17.8. The molecule has 32 heavy (non-hydrogen) atoms. The minimum atomic E-state index is -0.581. The Morgan fingerprint density at radius 2 is 1.69 bits per heavy atom. The van der Waals surface area contributed by atoms with Crippen LogP contribution in [0.25, 0.3) is 22.4 Å². The van der Waals surface area contributed by atoms with Crippen molar-refractivity contribution < 1.29 is 4.79 Å². The molecule has 158 valence electrons. The molecule has 2 aromatic carbocycles. The molecule has 0 atom stereocenters. The average Bonchev–Trinajstić information content (AvgIpc) is 3.30. The second-order valence-corrected chi connectivity index (χ2v) is 7.86. The number of aromatic amines is 1. The van der Waals surface area contributed by atoms with Crippen molar-refractivity contribution in [2.75, 3.05) is 10.6 Å². The molecule has 2 amide bonds. The van der Waals surface area contributed by atoms with Gasteiger partial charge in [-0.2, -0.15) is 10.4 Å². The standard InChI is InChI=1S/C25H22N6O/c1-25(2,16-26)19-6-8-20(9-7-19)29-24(32)30-21-5-3-4-18(14-21)23-22(15-28-31-23)17-10-12-27-13-11-17/h3-15H,1-2H3,(H,28,31)(H2,29,30,32). The van der Waals surface area contributed by atoms with E-state index in [1.54, 1.807) is 24.5 Å². The van der Waals surface area contributed by atoms with E-state index in [2.05, 4.69) is 31.9 Å². The Hall–Kier alpha value is -4.44. The highest BCUT2D eigenvalue weighted by atomic mass is 16.2. The lowest BCUT2D eigenvalue weighted by Crippen LogP contribution is -2.19. The van der Waals surface area contributed by atoms with Gasteiger partial charge in [0, 0.05) is 41.1 Å². The Balaban J connectivity index is 1.48. The highest BCUT2D eigenvalue weighted by Gasteiger charge is 2.19. The number of H-pyrrole nitrogens is 1. The van der Waals surface area contributed by atoms with Crippen molar-refractivity contribution in [3.63, 3.8) is 0 Å². The van der Waals surface area contributed by atoms with E-state index in [0.29, 0.717) is 11.4 Å². The molecule has 0 aliphatic heterocycles. The Kier molecular flexibility index (Phi) is 5.69. The third-order valence-corrected chi connectivity index (χ3v) is 5.17. The first-order chi connectivity index (χ1) is 15.5. The van der Waals surface area contributed by atoms with Gasteiger partial charge in [-0.25, -0.2) is 4.79 Å². The highest BCUT2D eigenvalue weighted by Crippen LogP contribution is 2.31. The minimum Gasteiger partial charge on any atom is -0.308 e. The lowest BCUT2D eigenvalue weighted by atomic mass is 9.86. The molecular formula is C25H22N6O. The number of nitrogens with zero attached hydrogens (tertiary/aromatic N) is 3. The maximum Gasteiger partial charge on any atom is 0.323 e. The van der Waals surface area contributed by atoms with E-state index in [-0.39, 0.29) is 6.03 Å². The van der Waals surface area contributed by atoms with Gasteiger partial charge in [0.15, 0.2) is 0 Å². The second-order valence-electron chi connectivity index (χ2n) is 7.86.